The van der Waals surface area contributed by atoms with Gasteiger partial charge in [-0.1, -0.05) is 45.0 Å². The number of pyridine rings is 2. The average Bonchev–Trinajstić information content (AvgIpc) is 3.59. The summed E-state index contributed by atoms with van der Waals surface area (Å²) in [5.41, 5.74) is 6.46. The van der Waals surface area contributed by atoms with Crippen molar-refractivity contribution in [2.45, 2.75) is 71.3 Å². The minimum Gasteiger partial charge on any atom is -0.415 e. The molecule has 220 valence electrons. The quantitative estimate of drug-likeness (QED) is 0.268. The second kappa shape index (κ2) is 11.6. The molecule has 0 saturated carbocycles. The van der Waals surface area contributed by atoms with Gasteiger partial charge in [0.25, 0.3) is 5.89 Å². The van der Waals surface area contributed by atoms with E-state index >= 15 is 0 Å². The lowest BCUT2D eigenvalue weighted by molar-refractivity contribution is 0.0937. The number of likely N-dealkylation sites (tertiary alicyclic amines) is 1. The maximum absolute atomic E-state index is 13.6. The normalized spacial score (nSPS) is 20.1. The maximum Gasteiger partial charge on any atom is 0.265 e. The Morgan fingerprint density at radius 3 is 2.60 bits per heavy atom. The Balaban J connectivity index is 1.22. The van der Waals surface area contributed by atoms with Crippen LogP contribution in [0.2, 0.25) is 0 Å². The van der Waals surface area contributed by atoms with Crippen molar-refractivity contribution in [3.8, 4) is 11.1 Å². The molecule has 8 heteroatoms. The molecule has 2 N–H and O–H groups in total. The number of H-pyrrole nitrogens is 1. The summed E-state index contributed by atoms with van der Waals surface area (Å²) in [7, 11) is 0. The van der Waals surface area contributed by atoms with Crippen molar-refractivity contribution in [3.05, 3.63) is 81.7 Å². The van der Waals surface area contributed by atoms with Gasteiger partial charge < -0.3 is 19.4 Å². The van der Waals surface area contributed by atoms with Crippen LogP contribution in [0.4, 0.5) is 0 Å². The lowest BCUT2D eigenvalue weighted by Gasteiger charge is -2.34. The summed E-state index contributed by atoms with van der Waals surface area (Å²) in [6.07, 6.45) is 6.25. The van der Waals surface area contributed by atoms with Crippen LogP contribution in [0.1, 0.15) is 79.9 Å². The highest BCUT2D eigenvalue weighted by molar-refractivity contribution is 5.94. The lowest BCUT2D eigenvalue weighted by Crippen LogP contribution is -2.27. The number of aryl methyl sites for hydroxylation is 1. The number of hydrogen-bond acceptors (Lipinski definition) is 7. The van der Waals surface area contributed by atoms with Crippen molar-refractivity contribution in [2.75, 3.05) is 19.6 Å². The molecule has 0 bridgehead atoms. The number of carbonyl (C=O) groups excluding carboxylic acids is 1. The van der Waals surface area contributed by atoms with Crippen LogP contribution < -0.4 is 5.56 Å². The zero-order valence-electron chi connectivity index (χ0n) is 24.7. The first-order chi connectivity index (χ1) is 20.1. The van der Waals surface area contributed by atoms with Gasteiger partial charge in [0.1, 0.15) is 5.52 Å². The third kappa shape index (κ3) is 6.25. The van der Waals surface area contributed by atoms with E-state index in [2.05, 4.69) is 53.8 Å². The Labute approximate surface area is 246 Å². The zero-order chi connectivity index (χ0) is 29.4. The molecule has 1 saturated heterocycles. The fourth-order valence-electron chi connectivity index (χ4n) is 6.46. The van der Waals surface area contributed by atoms with Crippen LogP contribution >= 0.6 is 0 Å². The summed E-state index contributed by atoms with van der Waals surface area (Å²) < 4.78 is 5.96. The molecule has 1 aliphatic carbocycles. The van der Waals surface area contributed by atoms with Gasteiger partial charge in [0.15, 0.2) is 0 Å². The van der Waals surface area contributed by atoms with Crippen LogP contribution in [0.3, 0.4) is 0 Å². The molecule has 1 fully saturated rings. The van der Waals surface area contributed by atoms with Gasteiger partial charge in [-0.05, 0) is 90.3 Å². The van der Waals surface area contributed by atoms with Crippen LogP contribution in [0, 0.1) is 11.3 Å². The average molecular weight is 569 g/mol. The Morgan fingerprint density at radius 2 is 1.90 bits per heavy atom. The fourth-order valence-corrected chi connectivity index (χ4v) is 6.46. The third-order valence-electron chi connectivity index (χ3n) is 9.18. The van der Waals surface area contributed by atoms with Gasteiger partial charge in [0.2, 0.25) is 17.1 Å². The number of fused-ring (bicyclic) bond motifs is 2. The summed E-state index contributed by atoms with van der Waals surface area (Å²) in [6.45, 7) is 9.21. The molecule has 1 aliphatic heterocycles. The molecule has 0 amide bonds. The summed E-state index contributed by atoms with van der Waals surface area (Å²) in [6, 6.07) is 13.6. The van der Waals surface area contributed by atoms with Crippen molar-refractivity contribution in [3.63, 3.8) is 0 Å². The first-order valence-electron chi connectivity index (χ1n) is 15.1. The van der Waals surface area contributed by atoms with E-state index in [0.29, 0.717) is 23.7 Å². The molecule has 4 heterocycles. The zero-order valence-corrected chi connectivity index (χ0v) is 24.7. The van der Waals surface area contributed by atoms with E-state index < -0.39 is 0 Å². The number of Topliss-reactive ketones (excluding diaryl/α,β-unsaturated/α-hetero) is 1. The molecule has 2 aliphatic rings. The number of aromatic nitrogens is 3. The predicted octanol–water partition coefficient (Wildman–Crippen LogP) is 5.54. The van der Waals surface area contributed by atoms with Crippen molar-refractivity contribution in [1.29, 1.82) is 0 Å². The molecule has 4 aromatic rings. The molecule has 42 heavy (non-hydrogen) atoms. The number of carbonyl (C=O) groups is 1. The van der Waals surface area contributed by atoms with Crippen LogP contribution in [-0.2, 0) is 12.8 Å². The Morgan fingerprint density at radius 1 is 1.12 bits per heavy atom. The van der Waals surface area contributed by atoms with E-state index in [1.807, 2.05) is 12.1 Å². The van der Waals surface area contributed by atoms with Gasteiger partial charge in [-0.25, -0.2) is 9.97 Å². The van der Waals surface area contributed by atoms with E-state index in [4.69, 9.17) is 9.40 Å². The molecular weight excluding hydrogens is 528 g/mol. The minimum absolute atomic E-state index is 0.0383. The van der Waals surface area contributed by atoms with E-state index in [1.165, 1.54) is 11.6 Å². The summed E-state index contributed by atoms with van der Waals surface area (Å²) in [4.78, 5) is 39.4. The van der Waals surface area contributed by atoms with Gasteiger partial charge in [0.05, 0.1) is 6.10 Å². The van der Waals surface area contributed by atoms with E-state index in [-0.39, 0.29) is 41.1 Å². The number of nitrogens with zero attached hydrogens (tertiary/aromatic N) is 3. The molecule has 8 nitrogen and oxygen atoms in total. The molecular formula is C34H40N4O4. The lowest BCUT2D eigenvalue weighted by atomic mass is 9.71. The molecule has 0 radical (unpaired) electrons. The molecule has 3 aromatic heterocycles. The first-order valence-corrected chi connectivity index (χ1v) is 15.1. The van der Waals surface area contributed by atoms with Gasteiger partial charge in [-0.2, -0.15) is 0 Å². The van der Waals surface area contributed by atoms with Gasteiger partial charge >= 0.3 is 0 Å². The number of aliphatic hydroxyl groups excluding tert-OH is 1. The van der Waals surface area contributed by atoms with Gasteiger partial charge in [-0.3, -0.25) is 9.59 Å². The molecule has 3 atom stereocenters. The number of oxazole rings is 1. The van der Waals surface area contributed by atoms with E-state index in [9.17, 15) is 14.7 Å². The minimum atomic E-state index is -0.279. The van der Waals surface area contributed by atoms with Crippen molar-refractivity contribution in [1.82, 2.24) is 19.9 Å². The topological polar surface area (TPSA) is 112 Å². The van der Waals surface area contributed by atoms with Gasteiger partial charge in [-0.15, -0.1) is 0 Å². The number of aliphatic hydroxyl groups is 1. The van der Waals surface area contributed by atoms with Crippen molar-refractivity contribution < 1.29 is 14.3 Å². The van der Waals surface area contributed by atoms with Gasteiger partial charge in [0, 0.05) is 37.5 Å². The second-order valence-electron chi connectivity index (χ2n) is 13.2. The highest BCUT2D eigenvalue weighted by Gasteiger charge is 2.31. The van der Waals surface area contributed by atoms with Crippen LogP contribution in [-0.4, -0.2) is 56.5 Å². The van der Waals surface area contributed by atoms with Crippen molar-refractivity contribution >= 4 is 17.0 Å². The Bertz CT molecular complexity index is 1610. The summed E-state index contributed by atoms with van der Waals surface area (Å²) >= 11 is 0. The number of hydrogen-bond donors (Lipinski definition) is 2. The highest BCUT2D eigenvalue weighted by atomic mass is 16.4. The summed E-state index contributed by atoms with van der Waals surface area (Å²) in [5, 5.41) is 9.99. The number of rotatable bonds is 8. The predicted molar refractivity (Wildman–Crippen MR) is 163 cm³/mol. The number of ketones is 1. The first kappa shape index (κ1) is 28.5. The molecule has 1 unspecified atom stereocenters. The van der Waals surface area contributed by atoms with Crippen LogP contribution in [0.5, 0.6) is 0 Å². The second-order valence-corrected chi connectivity index (χ2v) is 13.2. The van der Waals surface area contributed by atoms with E-state index in [1.54, 1.807) is 12.3 Å². The largest absolute Gasteiger partial charge is 0.415 e. The molecule has 0 spiro atoms. The number of nitrogens with one attached hydrogen (secondary N) is 1. The van der Waals surface area contributed by atoms with E-state index in [0.717, 1.165) is 67.6 Å². The summed E-state index contributed by atoms with van der Waals surface area (Å²) in [5.74, 6) is 0.544. The third-order valence-corrected chi connectivity index (χ3v) is 9.18. The van der Waals surface area contributed by atoms with Crippen molar-refractivity contribution in [2.24, 2.45) is 11.3 Å². The number of aromatic amines is 1. The molecule has 6 rings (SSSR count). The Hall–Kier alpha value is -3.62. The monoisotopic (exact) mass is 568 g/mol. The number of β-amino-alcohol motifs (C(OH)–C–C–N with tert-alkyl or cyclic N) is 1. The maximum atomic E-state index is 13.6. The number of benzene rings is 1. The SMILES string of the molecule is CC(C)(C)[C@H]1CCc2nc3oc(C(=O)C[C@H](CCN4CCC(O)C4)c4ccc(-c5ccc(=O)[nH]c5)cc4)nc3cc2C1. The highest BCUT2D eigenvalue weighted by Crippen LogP contribution is 2.38. The van der Waals surface area contributed by atoms with Crippen LogP contribution in [0.25, 0.3) is 22.4 Å². The fraction of sp³-hybridized carbons (Fsp3) is 0.471. The standard InChI is InChI=1S/C34H40N4O4/c1-34(2,3)26-9-10-28-25(16-26)17-29-32(36-28)42-33(37-29)30(40)18-23(12-14-38-15-13-27(39)20-38)21-4-6-22(7-5-21)24-8-11-31(41)35-19-24/h4-8,11,17,19,23,26-27,39H,9-10,12-16,18,20H2,1-3H3,(H,35,41)/t23-,26-,27?/m0/s1. The Kier molecular flexibility index (Phi) is 7.85. The molecule has 1 aromatic carbocycles. The van der Waals surface area contributed by atoms with Crippen LogP contribution in [0.15, 0.2) is 57.9 Å². The smallest absolute Gasteiger partial charge is 0.265 e.